The molecule has 4 heteroatoms. The highest BCUT2D eigenvalue weighted by molar-refractivity contribution is 7.09. The number of ketones is 1. The maximum absolute atomic E-state index is 12.1. The van der Waals surface area contributed by atoms with Crippen molar-refractivity contribution in [2.75, 3.05) is 7.11 Å². The topological polar surface area (TPSA) is 39.2 Å². The molecule has 1 rings (SSSR count). The Bertz CT molecular complexity index is 296. The predicted octanol–water partition coefficient (Wildman–Crippen LogP) is 2.46. The Kier molecular flexibility index (Phi) is 4.42. The number of carbonyl (C=O) groups is 1. The summed E-state index contributed by atoms with van der Waals surface area (Å²) in [4.78, 5) is 16.2. The molecule has 0 N–H and O–H groups in total. The van der Waals surface area contributed by atoms with Gasteiger partial charge in [-0.25, -0.2) is 4.98 Å². The van der Waals surface area contributed by atoms with E-state index in [0.717, 1.165) is 5.01 Å². The molecule has 15 heavy (non-hydrogen) atoms. The lowest BCUT2D eigenvalue weighted by molar-refractivity contribution is -0.141. The third kappa shape index (κ3) is 2.63. The quantitative estimate of drug-likeness (QED) is 0.749. The third-order valence-corrected chi connectivity index (χ3v) is 3.62. The van der Waals surface area contributed by atoms with Crippen LogP contribution >= 0.6 is 11.3 Å². The second-order valence-corrected chi connectivity index (χ2v) is 4.41. The zero-order valence-electron chi connectivity index (χ0n) is 9.45. The fourth-order valence-electron chi connectivity index (χ4n) is 1.69. The Morgan fingerprint density at radius 3 is 2.60 bits per heavy atom. The van der Waals surface area contributed by atoms with Crippen molar-refractivity contribution in [3.05, 3.63) is 16.6 Å². The second kappa shape index (κ2) is 5.37. The van der Waals surface area contributed by atoms with E-state index in [4.69, 9.17) is 4.74 Å². The van der Waals surface area contributed by atoms with Crippen LogP contribution in [0.15, 0.2) is 11.6 Å². The second-order valence-electron chi connectivity index (χ2n) is 3.43. The highest BCUT2D eigenvalue weighted by atomic mass is 32.1. The fourth-order valence-corrected chi connectivity index (χ4v) is 2.30. The summed E-state index contributed by atoms with van der Waals surface area (Å²) in [6, 6.07) is 0. The maximum Gasteiger partial charge on any atom is 0.171 e. The average molecular weight is 227 g/mol. The molecule has 84 valence electrons. The van der Waals surface area contributed by atoms with Crippen LogP contribution in [0, 0.1) is 0 Å². The van der Waals surface area contributed by atoms with Crippen molar-refractivity contribution in [2.45, 2.75) is 38.7 Å². The van der Waals surface area contributed by atoms with Gasteiger partial charge in [-0.1, -0.05) is 13.8 Å². The molecule has 0 saturated carbocycles. The van der Waals surface area contributed by atoms with Crippen molar-refractivity contribution in [1.82, 2.24) is 4.98 Å². The van der Waals surface area contributed by atoms with Crippen LogP contribution in [0.1, 0.15) is 31.7 Å². The van der Waals surface area contributed by atoms with E-state index in [9.17, 15) is 4.79 Å². The molecular formula is C11H17NO2S. The van der Waals surface area contributed by atoms with Crippen molar-refractivity contribution in [1.29, 1.82) is 0 Å². The van der Waals surface area contributed by atoms with Crippen LogP contribution in [0.25, 0.3) is 0 Å². The van der Waals surface area contributed by atoms with E-state index >= 15 is 0 Å². The molecule has 1 heterocycles. The van der Waals surface area contributed by atoms with E-state index in [2.05, 4.69) is 4.98 Å². The molecule has 0 aliphatic rings. The summed E-state index contributed by atoms with van der Waals surface area (Å²) < 4.78 is 5.37. The molecule has 0 aliphatic carbocycles. The zero-order chi connectivity index (χ0) is 11.3. The first-order chi connectivity index (χ1) is 7.18. The van der Waals surface area contributed by atoms with Crippen LogP contribution < -0.4 is 0 Å². The van der Waals surface area contributed by atoms with Gasteiger partial charge in [-0.15, -0.1) is 11.3 Å². The molecule has 0 bridgehead atoms. The number of hydrogen-bond acceptors (Lipinski definition) is 4. The standard InChI is InChI=1S/C11H17NO2S/c1-4-11(5-2,14-3)9(13)8-10-12-6-7-15-10/h6-7H,4-5,8H2,1-3H3. The number of methoxy groups -OCH3 is 1. The summed E-state index contributed by atoms with van der Waals surface area (Å²) >= 11 is 1.51. The largest absolute Gasteiger partial charge is 0.370 e. The fraction of sp³-hybridized carbons (Fsp3) is 0.636. The van der Waals surface area contributed by atoms with Crippen molar-refractivity contribution in [3.63, 3.8) is 0 Å². The third-order valence-electron chi connectivity index (χ3n) is 2.84. The van der Waals surface area contributed by atoms with Gasteiger partial charge >= 0.3 is 0 Å². The molecule has 0 atom stereocenters. The molecule has 0 amide bonds. The minimum absolute atomic E-state index is 0.130. The number of carbonyl (C=O) groups excluding carboxylic acids is 1. The summed E-state index contributed by atoms with van der Waals surface area (Å²) in [7, 11) is 1.60. The summed E-state index contributed by atoms with van der Waals surface area (Å²) in [6.07, 6.45) is 3.53. The van der Waals surface area contributed by atoms with Crippen LogP contribution in [-0.2, 0) is 16.0 Å². The van der Waals surface area contributed by atoms with Crippen molar-refractivity contribution < 1.29 is 9.53 Å². The molecule has 0 aromatic carbocycles. The first-order valence-corrected chi connectivity index (χ1v) is 6.03. The zero-order valence-corrected chi connectivity index (χ0v) is 10.3. The number of hydrogen-bond donors (Lipinski definition) is 0. The molecule has 0 aliphatic heterocycles. The molecule has 0 radical (unpaired) electrons. The Morgan fingerprint density at radius 1 is 1.53 bits per heavy atom. The lowest BCUT2D eigenvalue weighted by atomic mass is 9.90. The predicted molar refractivity (Wildman–Crippen MR) is 61.1 cm³/mol. The lowest BCUT2D eigenvalue weighted by Crippen LogP contribution is -2.40. The van der Waals surface area contributed by atoms with Crippen molar-refractivity contribution in [3.8, 4) is 0 Å². The van der Waals surface area contributed by atoms with E-state index in [1.165, 1.54) is 11.3 Å². The molecule has 0 fully saturated rings. The van der Waals surface area contributed by atoms with E-state index < -0.39 is 5.60 Å². The highest BCUT2D eigenvalue weighted by Gasteiger charge is 2.34. The van der Waals surface area contributed by atoms with E-state index in [1.807, 2.05) is 19.2 Å². The maximum atomic E-state index is 12.1. The van der Waals surface area contributed by atoms with Crippen molar-refractivity contribution >= 4 is 17.1 Å². The minimum Gasteiger partial charge on any atom is -0.370 e. The summed E-state index contributed by atoms with van der Waals surface area (Å²) in [5.41, 5.74) is -0.619. The highest BCUT2D eigenvalue weighted by Crippen LogP contribution is 2.23. The SMILES string of the molecule is CCC(CC)(OC)C(=O)Cc1nccs1. The Labute approximate surface area is 94.5 Å². The molecule has 0 saturated heterocycles. The number of Topliss-reactive ketones (excluding diaryl/α,β-unsaturated/α-hetero) is 1. The first kappa shape index (κ1) is 12.3. The first-order valence-electron chi connectivity index (χ1n) is 5.15. The van der Waals surface area contributed by atoms with Crippen LogP contribution in [0.3, 0.4) is 0 Å². The number of thiazole rings is 1. The van der Waals surface area contributed by atoms with E-state index in [1.54, 1.807) is 13.3 Å². The number of nitrogens with zero attached hydrogens (tertiary/aromatic N) is 1. The van der Waals surface area contributed by atoms with Gasteiger partial charge in [0, 0.05) is 18.7 Å². The smallest absolute Gasteiger partial charge is 0.171 e. The van der Waals surface area contributed by atoms with Gasteiger partial charge in [0.1, 0.15) is 5.60 Å². The van der Waals surface area contributed by atoms with Crippen LogP contribution in [0.4, 0.5) is 0 Å². The lowest BCUT2D eigenvalue weighted by Gasteiger charge is -2.28. The van der Waals surface area contributed by atoms with Crippen LogP contribution in [0.5, 0.6) is 0 Å². The van der Waals surface area contributed by atoms with Gasteiger partial charge in [0.25, 0.3) is 0 Å². The summed E-state index contributed by atoms with van der Waals surface area (Å²) in [6.45, 7) is 3.96. The summed E-state index contributed by atoms with van der Waals surface area (Å²) in [5.74, 6) is 0.130. The van der Waals surface area contributed by atoms with Crippen LogP contribution in [-0.4, -0.2) is 23.5 Å². The molecule has 0 spiro atoms. The Balaban J connectivity index is 2.73. The van der Waals surface area contributed by atoms with Gasteiger partial charge in [-0.3, -0.25) is 4.79 Å². The van der Waals surface area contributed by atoms with Crippen molar-refractivity contribution in [2.24, 2.45) is 0 Å². The molecule has 1 aromatic heterocycles. The molecule has 0 unspecified atom stereocenters. The monoisotopic (exact) mass is 227 g/mol. The van der Waals surface area contributed by atoms with Gasteiger partial charge < -0.3 is 4.74 Å². The van der Waals surface area contributed by atoms with Gasteiger partial charge in [0.05, 0.1) is 11.4 Å². The average Bonchev–Trinajstić information content (AvgIpc) is 2.74. The van der Waals surface area contributed by atoms with Gasteiger partial charge in [-0.2, -0.15) is 0 Å². The molecule has 3 nitrogen and oxygen atoms in total. The number of ether oxygens (including phenoxy) is 1. The minimum atomic E-state index is -0.619. The molecular weight excluding hydrogens is 210 g/mol. The molecule has 1 aromatic rings. The normalized spacial score (nSPS) is 11.7. The Morgan fingerprint density at radius 2 is 2.20 bits per heavy atom. The van der Waals surface area contributed by atoms with Gasteiger partial charge in [0.15, 0.2) is 5.78 Å². The van der Waals surface area contributed by atoms with Gasteiger partial charge in [-0.05, 0) is 12.8 Å². The Hall–Kier alpha value is -0.740. The number of aromatic nitrogens is 1. The van der Waals surface area contributed by atoms with E-state index in [-0.39, 0.29) is 5.78 Å². The van der Waals surface area contributed by atoms with E-state index in [0.29, 0.717) is 19.3 Å². The van der Waals surface area contributed by atoms with Crippen LogP contribution in [0.2, 0.25) is 0 Å². The summed E-state index contributed by atoms with van der Waals surface area (Å²) in [5, 5.41) is 2.75. The number of rotatable bonds is 6. The van der Waals surface area contributed by atoms with Gasteiger partial charge in [0.2, 0.25) is 0 Å².